The van der Waals surface area contributed by atoms with E-state index in [1.54, 1.807) is 23.5 Å². The number of thiophene rings is 1. The van der Waals surface area contributed by atoms with Crippen molar-refractivity contribution in [2.75, 3.05) is 6.54 Å². The summed E-state index contributed by atoms with van der Waals surface area (Å²) in [5.74, 6) is -0.963. The predicted octanol–water partition coefficient (Wildman–Crippen LogP) is 2.71. The number of nitriles is 1. The summed E-state index contributed by atoms with van der Waals surface area (Å²) in [5, 5.41) is 14.0. The average Bonchev–Trinajstić information content (AvgIpc) is 2.94. The Balaban J connectivity index is 1.89. The van der Waals surface area contributed by atoms with E-state index in [-0.39, 0.29) is 5.91 Å². The molecule has 1 heterocycles. The number of carbonyl (C=O) groups excluding carboxylic acids is 1. The lowest BCUT2D eigenvalue weighted by atomic mass is 10.00. The minimum absolute atomic E-state index is 0.231. The van der Waals surface area contributed by atoms with E-state index in [9.17, 15) is 4.79 Å². The van der Waals surface area contributed by atoms with Crippen LogP contribution in [0.1, 0.15) is 16.4 Å². The summed E-state index contributed by atoms with van der Waals surface area (Å²) in [6, 6.07) is 15.2. The summed E-state index contributed by atoms with van der Waals surface area (Å²) in [6.45, 7) is 0.560. The summed E-state index contributed by atoms with van der Waals surface area (Å²) < 4.78 is 0. The Morgan fingerprint density at radius 3 is 2.68 bits per heavy atom. The van der Waals surface area contributed by atoms with Gasteiger partial charge >= 0.3 is 0 Å². The normalized spacial score (nSPS) is 11.5. The van der Waals surface area contributed by atoms with Crippen molar-refractivity contribution in [1.82, 2.24) is 5.32 Å². The molecule has 96 valence electrons. The van der Waals surface area contributed by atoms with Gasteiger partial charge in [-0.05, 0) is 23.4 Å². The lowest BCUT2D eigenvalue weighted by Gasteiger charge is -2.10. The number of carbonyl (C=O) groups is 1. The molecule has 4 heteroatoms. The minimum Gasteiger partial charge on any atom is -0.354 e. The first-order valence-electron chi connectivity index (χ1n) is 6.06. The Kier molecular flexibility index (Phi) is 4.71. The van der Waals surface area contributed by atoms with Gasteiger partial charge in [0.15, 0.2) is 0 Å². The van der Waals surface area contributed by atoms with Crippen LogP contribution in [0.2, 0.25) is 0 Å². The molecule has 0 spiro atoms. The molecule has 1 unspecified atom stereocenters. The van der Waals surface area contributed by atoms with Gasteiger partial charge in [-0.15, -0.1) is 11.3 Å². The second kappa shape index (κ2) is 6.72. The molecule has 1 amide bonds. The first-order valence-corrected chi connectivity index (χ1v) is 6.94. The van der Waals surface area contributed by atoms with Crippen LogP contribution in [0.15, 0.2) is 47.8 Å². The fourth-order valence-electron chi connectivity index (χ4n) is 1.80. The van der Waals surface area contributed by atoms with E-state index in [4.69, 9.17) is 5.26 Å². The van der Waals surface area contributed by atoms with Crippen LogP contribution in [0, 0.1) is 11.3 Å². The number of amides is 1. The smallest absolute Gasteiger partial charge is 0.241 e. The molecule has 2 aromatic rings. The van der Waals surface area contributed by atoms with E-state index in [0.29, 0.717) is 6.54 Å². The van der Waals surface area contributed by atoms with Crippen molar-refractivity contribution in [3.63, 3.8) is 0 Å². The van der Waals surface area contributed by atoms with Gasteiger partial charge in [0.05, 0.1) is 6.07 Å². The predicted molar refractivity (Wildman–Crippen MR) is 75.8 cm³/mol. The SMILES string of the molecule is N#CC(C(=O)NCCc1cccs1)c1ccccc1. The molecule has 1 aromatic carbocycles. The van der Waals surface area contributed by atoms with Crippen molar-refractivity contribution in [2.24, 2.45) is 0 Å². The van der Waals surface area contributed by atoms with Gasteiger partial charge in [0.2, 0.25) is 5.91 Å². The molecule has 0 bridgehead atoms. The van der Waals surface area contributed by atoms with Crippen LogP contribution in [-0.2, 0) is 11.2 Å². The zero-order valence-electron chi connectivity index (χ0n) is 10.4. The van der Waals surface area contributed by atoms with Gasteiger partial charge < -0.3 is 5.32 Å². The molecule has 19 heavy (non-hydrogen) atoms. The van der Waals surface area contributed by atoms with E-state index in [1.165, 1.54) is 4.88 Å². The van der Waals surface area contributed by atoms with Crippen LogP contribution in [0.25, 0.3) is 0 Å². The van der Waals surface area contributed by atoms with Gasteiger partial charge in [0, 0.05) is 11.4 Å². The molecule has 0 aliphatic carbocycles. The zero-order valence-corrected chi connectivity index (χ0v) is 11.2. The molecule has 2 rings (SSSR count). The molecular formula is C15H14N2OS. The Labute approximate surface area is 116 Å². The highest BCUT2D eigenvalue weighted by molar-refractivity contribution is 7.09. The maximum atomic E-state index is 12.0. The molecule has 0 saturated heterocycles. The fourth-order valence-corrected chi connectivity index (χ4v) is 2.50. The third-order valence-corrected chi connectivity index (χ3v) is 3.71. The van der Waals surface area contributed by atoms with Crippen LogP contribution in [0.5, 0.6) is 0 Å². The van der Waals surface area contributed by atoms with Crippen molar-refractivity contribution in [3.05, 3.63) is 58.3 Å². The number of nitrogens with one attached hydrogen (secondary N) is 1. The Morgan fingerprint density at radius 1 is 1.26 bits per heavy atom. The third kappa shape index (κ3) is 3.67. The van der Waals surface area contributed by atoms with Gasteiger partial charge in [-0.2, -0.15) is 5.26 Å². The van der Waals surface area contributed by atoms with Crippen LogP contribution in [-0.4, -0.2) is 12.5 Å². The molecule has 1 atom stereocenters. The first-order chi connectivity index (χ1) is 9.31. The lowest BCUT2D eigenvalue weighted by Crippen LogP contribution is -2.30. The Bertz CT molecular complexity index is 558. The zero-order chi connectivity index (χ0) is 13.5. The number of hydrogen-bond donors (Lipinski definition) is 1. The van der Waals surface area contributed by atoms with Crippen LogP contribution < -0.4 is 5.32 Å². The minimum atomic E-state index is -0.732. The molecule has 0 fully saturated rings. The summed E-state index contributed by atoms with van der Waals surface area (Å²) in [6.07, 6.45) is 0.802. The number of benzene rings is 1. The largest absolute Gasteiger partial charge is 0.354 e. The average molecular weight is 270 g/mol. The Morgan fingerprint density at radius 2 is 2.05 bits per heavy atom. The Hall–Kier alpha value is -2.12. The number of rotatable bonds is 5. The van der Waals surface area contributed by atoms with Crippen LogP contribution >= 0.6 is 11.3 Å². The van der Waals surface area contributed by atoms with Gasteiger partial charge in [-0.25, -0.2) is 0 Å². The summed E-state index contributed by atoms with van der Waals surface area (Å²) in [7, 11) is 0. The maximum Gasteiger partial charge on any atom is 0.241 e. The maximum absolute atomic E-state index is 12.0. The second-order valence-electron chi connectivity index (χ2n) is 4.09. The van der Waals surface area contributed by atoms with E-state index in [0.717, 1.165) is 12.0 Å². The highest BCUT2D eigenvalue weighted by Gasteiger charge is 2.19. The van der Waals surface area contributed by atoms with E-state index < -0.39 is 5.92 Å². The topological polar surface area (TPSA) is 52.9 Å². The van der Waals surface area contributed by atoms with Gasteiger partial charge in [-0.3, -0.25) is 4.79 Å². The quantitative estimate of drug-likeness (QED) is 0.908. The van der Waals surface area contributed by atoms with E-state index >= 15 is 0 Å². The summed E-state index contributed by atoms with van der Waals surface area (Å²) in [4.78, 5) is 13.2. The molecular weight excluding hydrogens is 256 g/mol. The molecule has 0 aliphatic heterocycles. The standard InChI is InChI=1S/C15H14N2OS/c16-11-14(12-5-2-1-3-6-12)15(18)17-9-8-13-7-4-10-19-13/h1-7,10,14H,8-9H2,(H,17,18). The number of nitrogens with zero attached hydrogens (tertiary/aromatic N) is 1. The highest BCUT2D eigenvalue weighted by atomic mass is 32.1. The van der Waals surface area contributed by atoms with Crippen molar-refractivity contribution >= 4 is 17.2 Å². The molecule has 0 aliphatic rings. The third-order valence-electron chi connectivity index (χ3n) is 2.77. The first kappa shape index (κ1) is 13.3. The number of hydrogen-bond acceptors (Lipinski definition) is 3. The summed E-state index contributed by atoms with van der Waals surface area (Å²) in [5.41, 5.74) is 0.735. The fraction of sp³-hybridized carbons (Fsp3) is 0.200. The molecule has 1 N–H and O–H groups in total. The molecule has 0 saturated carbocycles. The van der Waals surface area contributed by atoms with Gasteiger partial charge in [0.25, 0.3) is 0 Å². The molecule has 3 nitrogen and oxygen atoms in total. The molecule has 0 radical (unpaired) electrons. The van der Waals surface area contributed by atoms with Gasteiger partial charge in [-0.1, -0.05) is 36.4 Å². The molecule has 1 aromatic heterocycles. The van der Waals surface area contributed by atoms with Crippen LogP contribution in [0.4, 0.5) is 0 Å². The van der Waals surface area contributed by atoms with Crippen molar-refractivity contribution in [1.29, 1.82) is 5.26 Å². The van der Waals surface area contributed by atoms with Crippen LogP contribution in [0.3, 0.4) is 0 Å². The highest BCUT2D eigenvalue weighted by Crippen LogP contribution is 2.14. The van der Waals surface area contributed by atoms with Crippen molar-refractivity contribution < 1.29 is 4.79 Å². The monoisotopic (exact) mass is 270 g/mol. The van der Waals surface area contributed by atoms with Crippen molar-refractivity contribution in [3.8, 4) is 6.07 Å². The lowest BCUT2D eigenvalue weighted by molar-refractivity contribution is -0.121. The second-order valence-corrected chi connectivity index (χ2v) is 5.13. The van der Waals surface area contributed by atoms with E-state index in [1.807, 2.05) is 35.7 Å². The summed E-state index contributed by atoms with van der Waals surface area (Å²) >= 11 is 1.67. The van der Waals surface area contributed by atoms with Crippen molar-refractivity contribution in [2.45, 2.75) is 12.3 Å². The van der Waals surface area contributed by atoms with E-state index in [2.05, 4.69) is 11.4 Å². The van der Waals surface area contributed by atoms with Gasteiger partial charge in [0.1, 0.15) is 5.92 Å².